The van der Waals surface area contributed by atoms with Crippen LogP contribution in [0.4, 0.5) is 14.5 Å². The molecule has 2 N–H and O–H groups in total. The summed E-state index contributed by atoms with van der Waals surface area (Å²) in [6.07, 6.45) is 1.78. The van der Waals surface area contributed by atoms with Gasteiger partial charge in [-0.05, 0) is 36.1 Å². The molecule has 1 unspecified atom stereocenters. The fourth-order valence-corrected chi connectivity index (χ4v) is 3.35. The molecule has 6 heteroatoms. The predicted octanol–water partition coefficient (Wildman–Crippen LogP) is 2.89. The second-order valence-electron chi connectivity index (χ2n) is 6.12. The molecular formula is C19H20F2N2O2. The highest BCUT2D eigenvalue weighted by Crippen LogP contribution is 2.35. The third-order valence-electron chi connectivity index (χ3n) is 4.48. The molecule has 2 aromatic carbocycles. The number of fused-ring (bicyclic) bond motifs is 1. The zero-order chi connectivity index (χ0) is 17.8. The standard InChI is InChI=1S/C19H20F2N2O2/c20-14-6-7-16(21)17(11-14)22-19(25)12-23(9-10-24)18-8-5-13-3-1-2-4-15(13)18/h1-4,6-7,11,18,24H,5,8-10,12H2,(H,22,25). The second kappa shape index (κ2) is 7.72. The first kappa shape index (κ1) is 17.5. The van der Waals surface area contributed by atoms with Crippen LogP contribution in [0.3, 0.4) is 0 Å². The maximum atomic E-state index is 13.7. The van der Waals surface area contributed by atoms with Gasteiger partial charge >= 0.3 is 0 Å². The Labute approximate surface area is 145 Å². The number of hydrogen-bond acceptors (Lipinski definition) is 3. The van der Waals surface area contributed by atoms with Gasteiger partial charge in [-0.25, -0.2) is 8.78 Å². The number of amides is 1. The summed E-state index contributed by atoms with van der Waals surface area (Å²) in [5, 5.41) is 11.8. The summed E-state index contributed by atoms with van der Waals surface area (Å²) < 4.78 is 26.9. The van der Waals surface area contributed by atoms with Gasteiger partial charge in [-0.15, -0.1) is 0 Å². The van der Waals surface area contributed by atoms with Crippen molar-refractivity contribution >= 4 is 11.6 Å². The van der Waals surface area contributed by atoms with E-state index in [0.29, 0.717) is 6.54 Å². The van der Waals surface area contributed by atoms with Crippen molar-refractivity contribution in [1.82, 2.24) is 4.90 Å². The molecule has 25 heavy (non-hydrogen) atoms. The number of nitrogens with one attached hydrogen (secondary N) is 1. The number of carbonyl (C=O) groups excluding carboxylic acids is 1. The first-order valence-corrected chi connectivity index (χ1v) is 8.26. The number of aliphatic hydroxyl groups excluding tert-OH is 1. The molecule has 0 saturated carbocycles. The Morgan fingerprint density at radius 3 is 2.84 bits per heavy atom. The lowest BCUT2D eigenvalue weighted by Gasteiger charge is -2.28. The number of anilines is 1. The van der Waals surface area contributed by atoms with Gasteiger partial charge in [0.15, 0.2) is 0 Å². The van der Waals surface area contributed by atoms with E-state index in [1.165, 1.54) is 5.56 Å². The molecule has 0 heterocycles. The van der Waals surface area contributed by atoms with E-state index < -0.39 is 17.5 Å². The van der Waals surface area contributed by atoms with Gasteiger partial charge in [-0.3, -0.25) is 9.69 Å². The van der Waals surface area contributed by atoms with E-state index in [2.05, 4.69) is 11.4 Å². The van der Waals surface area contributed by atoms with Crippen molar-refractivity contribution in [3.05, 3.63) is 65.2 Å². The average molecular weight is 346 g/mol. The topological polar surface area (TPSA) is 52.6 Å². The Hall–Kier alpha value is -2.31. The monoisotopic (exact) mass is 346 g/mol. The minimum atomic E-state index is -0.685. The number of aryl methyl sites for hydroxylation is 1. The highest BCUT2D eigenvalue weighted by atomic mass is 19.1. The minimum Gasteiger partial charge on any atom is -0.395 e. The first-order chi connectivity index (χ1) is 12.1. The van der Waals surface area contributed by atoms with Gasteiger partial charge in [0.25, 0.3) is 0 Å². The number of rotatable bonds is 6. The van der Waals surface area contributed by atoms with Gasteiger partial charge in [0, 0.05) is 18.7 Å². The van der Waals surface area contributed by atoms with Gasteiger partial charge in [0.05, 0.1) is 18.8 Å². The van der Waals surface area contributed by atoms with Crippen LogP contribution in [0, 0.1) is 11.6 Å². The molecule has 3 rings (SSSR count). The molecule has 1 atom stereocenters. The van der Waals surface area contributed by atoms with E-state index in [0.717, 1.165) is 36.6 Å². The van der Waals surface area contributed by atoms with E-state index in [9.17, 15) is 18.7 Å². The summed E-state index contributed by atoms with van der Waals surface area (Å²) in [5.41, 5.74) is 2.22. The summed E-state index contributed by atoms with van der Waals surface area (Å²) in [5.74, 6) is -1.74. The molecular weight excluding hydrogens is 326 g/mol. The molecule has 0 bridgehead atoms. The van der Waals surface area contributed by atoms with Crippen LogP contribution >= 0.6 is 0 Å². The van der Waals surface area contributed by atoms with Crippen molar-refractivity contribution in [2.75, 3.05) is 25.0 Å². The van der Waals surface area contributed by atoms with Gasteiger partial charge in [0.2, 0.25) is 5.91 Å². The van der Waals surface area contributed by atoms with E-state index in [1.54, 1.807) is 0 Å². The smallest absolute Gasteiger partial charge is 0.238 e. The van der Waals surface area contributed by atoms with Crippen molar-refractivity contribution in [3.63, 3.8) is 0 Å². The first-order valence-electron chi connectivity index (χ1n) is 8.26. The fraction of sp³-hybridized carbons (Fsp3) is 0.316. The quantitative estimate of drug-likeness (QED) is 0.846. The molecule has 1 aliphatic rings. The number of benzene rings is 2. The van der Waals surface area contributed by atoms with Gasteiger partial charge in [-0.1, -0.05) is 24.3 Å². The van der Waals surface area contributed by atoms with Crippen LogP contribution < -0.4 is 5.32 Å². The predicted molar refractivity (Wildman–Crippen MR) is 91.2 cm³/mol. The van der Waals surface area contributed by atoms with Crippen molar-refractivity contribution in [3.8, 4) is 0 Å². The lowest BCUT2D eigenvalue weighted by molar-refractivity contribution is -0.118. The third-order valence-corrected chi connectivity index (χ3v) is 4.48. The fourth-order valence-electron chi connectivity index (χ4n) is 3.35. The Morgan fingerprint density at radius 2 is 2.04 bits per heavy atom. The normalized spacial score (nSPS) is 16.1. The largest absolute Gasteiger partial charge is 0.395 e. The molecule has 2 aromatic rings. The summed E-state index contributed by atoms with van der Waals surface area (Å²) in [7, 11) is 0. The Balaban J connectivity index is 1.72. The molecule has 1 aliphatic carbocycles. The van der Waals surface area contributed by atoms with E-state index in [1.807, 2.05) is 23.1 Å². The maximum Gasteiger partial charge on any atom is 0.238 e. The van der Waals surface area contributed by atoms with Crippen LogP contribution in [0.1, 0.15) is 23.6 Å². The minimum absolute atomic E-state index is 0.00445. The number of carbonyl (C=O) groups is 1. The van der Waals surface area contributed by atoms with E-state index >= 15 is 0 Å². The number of nitrogens with zero attached hydrogens (tertiary/aromatic N) is 1. The zero-order valence-electron chi connectivity index (χ0n) is 13.7. The summed E-state index contributed by atoms with van der Waals surface area (Å²) in [6, 6.07) is 11.0. The molecule has 0 spiro atoms. The van der Waals surface area contributed by atoms with Crippen molar-refractivity contribution in [1.29, 1.82) is 0 Å². The van der Waals surface area contributed by atoms with Crippen molar-refractivity contribution < 1.29 is 18.7 Å². The van der Waals surface area contributed by atoms with Gasteiger partial charge in [0.1, 0.15) is 11.6 Å². The molecule has 0 aromatic heterocycles. The maximum absolute atomic E-state index is 13.7. The summed E-state index contributed by atoms with van der Waals surface area (Å²) in [4.78, 5) is 14.2. The van der Waals surface area contributed by atoms with Gasteiger partial charge < -0.3 is 10.4 Å². The molecule has 1 amide bonds. The number of hydrogen-bond donors (Lipinski definition) is 2. The molecule has 132 valence electrons. The molecule has 0 aliphatic heterocycles. The molecule has 4 nitrogen and oxygen atoms in total. The lowest BCUT2D eigenvalue weighted by atomic mass is 10.1. The zero-order valence-corrected chi connectivity index (χ0v) is 13.7. The van der Waals surface area contributed by atoms with Crippen LogP contribution in [-0.2, 0) is 11.2 Å². The van der Waals surface area contributed by atoms with Crippen LogP contribution in [0.2, 0.25) is 0 Å². The second-order valence-corrected chi connectivity index (χ2v) is 6.12. The molecule has 0 saturated heterocycles. The van der Waals surface area contributed by atoms with E-state index in [-0.39, 0.29) is 24.9 Å². The molecule has 0 fully saturated rings. The van der Waals surface area contributed by atoms with Gasteiger partial charge in [-0.2, -0.15) is 0 Å². The lowest BCUT2D eigenvalue weighted by Crippen LogP contribution is -2.37. The van der Waals surface area contributed by atoms with Crippen LogP contribution in [-0.4, -0.2) is 35.6 Å². The van der Waals surface area contributed by atoms with E-state index in [4.69, 9.17) is 0 Å². The third kappa shape index (κ3) is 4.03. The molecule has 0 radical (unpaired) electrons. The van der Waals surface area contributed by atoms with Crippen molar-refractivity contribution in [2.45, 2.75) is 18.9 Å². The number of aliphatic hydroxyl groups is 1. The van der Waals surface area contributed by atoms with Crippen LogP contribution in [0.15, 0.2) is 42.5 Å². The number of halogens is 2. The summed E-state index contributed by atoms with van der Waals surface area (Å²) in [6.45, 7) is 0.244. The van der Waals surface area contributed by atoms with Crippen LogP contribution in [0.25, 0.3) is 0 Å². The Morgan fingerprint density at radius 1 is 1.24 bits per heavy atom. The average Bonchev–Trinajstić information content (AvgIpc) is 3.02. The highest BCUT2D eigenvalue weighted by Gasteiger charge is 2.28. The Bertz CT molecular complexity index is 767. The Kier molecular flexibility index (Phi) is 5.40. The summed E-state index contributed by atoms with van der Waals surface area (Å²) >= 11 is 0. The van der Waals surface area contributed by atoms with Crippen LogP contribution in [0.5, 0.6) is 0 Å². The highest BCUT2D eigenvalue weighted by molar-refractivity contribution is 5.92. The SMILES string of the molecule is O=C(CN(CCO)C1CCc2ccccc21)Nc1cc(F)ccc1F. The van der Waals surface area contributed by atoms with Crippen molar-refractivity contribution in [2.24, 2.45) is 0 Å².